The Morgan fingerprint density at radius 3 is 2.90 bits per heavy atom. The predicted molar refractivity (Wildman–Crippen MR) is 75.8 cm³/mol. The normalized spacial score (nSPS) is 10.8. The number of carbonyl (C=O) groups is 1. The molecule has 6 nitrogen and oxygen atoms in total. The molecule has 0 amide bonds. The lowest BCUT2D eigenvalue weighted by Crippen LogP contribution is -2.11. The van der Waals surface area contributed by atoms with Gasteiger partial charge in [-0.1, -0.05) is 0 Å². The van der Waals surface area contributed by atoms with Crippen molar-refractivity contribution in [1.82, 2.24) is 14.8 Å². The molecule has 0 aliphatic rings. The Kier molecular flexibility index (Phi) is 4.39. The number of nitrogens with zero attached hydrogens (tertiary/aromatic N) is 3. The molecule has 1 heterocycles. The van der Waals surface area contributed by atoms with Gasteiger partial charge in [0.25, 0.3) is 0 Å². The molecular formula is C13H14BrN3O3. The predicted octanol–water partition coefficient (Wildman–Crippen LogP) is 2.90. The summed E-state index contributed by atoms with van der Waals surface area (Å²) >= 11 is 3.33. The van der Waals surface area contributed by atoms with E-state index in [0.29, 0.717) is 16.0 Å². The molecule has 0 saturated carbocycles. The van der Waals surface area contributed by atoms with Crippen LogP contribution in [0.5, 0.6) is 5.75 Å². The number of ether oxygens (including phenoxy) is 1. The van der Waals surface area contributed by atoms with Gasteiger partial charge in [-0.3, -0.25) is 0 Å². The van der Waals surface area contributed by atoms with E-state index < -0.39 is 5.97 Å². The van der Waals surface area contributed by atoms with Crippen molar-refractivity contribution in [2.24, 2.45) is 0 Å². The van der Waals surface area contributed by atoms with Crippen molar-refractivity contribution in [2.75, 3.05) is 0 Å². The van der Waals surface area contributed by atoms with Crippen LogP contribution in [0.2, 0.25) is 0 Å². The van der Waals surface area contributed by atoms with Crippen LogP contribution in [0.3, 0.4) is 0 Å². The second kappa shape index (κ2) is 6.04. The summed E-state index contributed by atoms with van der Waals surface area (Å²) < 4.78 is 8.08. The zero-order valence-electron chi connectivity index (χ0n) is 11.1. The van der Waals surface area contributed by atoms with E-state index in [1.165, 1.54) is 18.5 Å². The molecular weight excluding hydrogens is 326 g/mol. The summed E-state index contributed by atoms with van der Waals surface area (Å²) in [6, 6.07) is 4.81. The fraction of sp³-hybridized carbons (Fsp3) is 0.308. The first-order chi connectivity index (χ1) is 9.49. The average molecular weight is 340 g/mol. The lowest BCUT2D eigenvalue weighted by atomic mass is 10.2. The summed E-state index contributed by atoms with van der Waals surface area (Å²) in [5, 5.41) is 13.1. The summed E-state index contributed by atoms with van der Waals surface area (Å²) in [4.78, 5) is 15.1. The molecule has 0 spiro atoms. The largest absolute Gasteiger partial charge is 0.484 e. The molecule has 1 aromatic carbocycles. The summed E-state index contributed by atoms with van der Waals surface area (Å²) in [5.74, 6) is 0.156. The Hall–Kier alpha value is -1.89. The topological polar surface area (TPSA) is 77.2 Å². The second-order valence-corrected chi connectivity index (χ2v) is 5.31. The zero-order valence-corrected chi connectivity index (χ0v) is 12.7. The highest BCUT2D eigenvalue weighted by Crippen LogP contribution is 2.27. The molecule has 0 atom stereocenters. The first kappa shape index (κ1) is 14.5. The van der Waals surface area contributed by atoms with Gasteiger partial charge in [-0.15, -0.1) is 0 Å². The maximum absolute atomic E-state index is 10.9. The van der Waals surface area contributed by atoms with Crippen molar-refractivity contribution >= 4 is 21.9 Å². The van der Waals surface area contributed by atoms with Gasteiger partial charge in [0, 0.05) is 6.04 Å². The SMILES string of the molecule is CC(C)n1ncnc1COc1cc(C(=O)O)ccc1Br. The standard InChI is InChI=1S/C13H14BrN3O3/c1-8(2)17-12(15-7-16-17)6-20-11-5-9(13(18)19)3-4-10(11)14/h3-5,7-8H,6H2,1-2H3,(H,18,19). The fourth-order valence-electron chi connectivity index (χ4n) is 1.70. The monoisotopic (exact) mass is 339 g/mol. The minimum atomic E-state index is -0.993. The number of hydrogen-bond donors (Lipinski definition) is 1. The molecule has 2 rings (SSSR count). The van der Waals surface area contributed by atoms with E-state index >= 15 is 0 Å². The van der Waals surface area contributed by atoms with Crippen molar-refractivity contribution in [3.63, 3.8) is 0 Å². The Morgan fingerprint density at radius 2 is 2.25 bits per heavy atom. The third-order valence-corrected chi connectivity index (χ3v) is 3.33. The van der Waals surface area contributed by atoms with Gasteiger partial charge in [-0.2, -0.15) is 5.10 Å². The molecule has 20 heavy (non-hydrogen) atoms. The van der Waals surface area contributed by atoms with Crippen LogP contribution < -0.4 is 4.74 Å². The first-order valence-electron chi connectivity index (χ1n) is 6.03. The van der Waals surface area contributed by atoms with Crippen LogP contribution >= 0.6 is 15.9 Å². The van der Waals surface area contributed by atoms with Gasteiger partial charge in [0.15, 0.2) is 5.82 Å². The molecule has 1 N–H and O–H groups in total. The lowest BCUT2D eigenvalue weighted by molar-refractivity contribution is 0.0696. The van der Waals surface area contributed by atoms with E-state index in [9.17, 15) is 4.79 Å². The molecule has 7 heteroatoms. The maximum atomic E-state index is 10.9. The maximum Gasteiger partial charge on any atom is 0.335 e. The van der Waals surface area contributed by atoms with Crippen molar-refractivity contribution in [3.8, 4) is 5.75 Å². The van der Waals surface area contributed by atoms with Gasteiger partial charge in [-0.05, 0) is 48.0 Å². The summed E-state index contributed by atoms with van der Waals surface area (Å²) in [5.41, 5.74) is 0.175. The summed E-state index contributed by atoms with van der Waals surface area (Å²) in [7, 11) is 0. The number of carboxylic acid groups (broad SMARTS) is 1. The molecule has 0 saturated heterocycles. The van der Waals surface area contributed by atoms with Crippen LogP contribution in [-0.4, -0.2) is 25.8 Å². The molecule has 0 fully saturated rings. The molecule has 2 aromatic rings. The van der Waals surface area contributed by atoms with Crippen LogP contribution in [0.4, 0.5) is 0 Å². The van der Waals surface area contributed by atoms with Crippen LogP contribution in [0.25, 0.3) is 0 Å². The Bertz CT molecular complexity index is 625. The van der Waals surface area contributed by atoms with E-state index in [1.807, 2.05) is 13.8 Å². The van der Waals surface area contributed by atoms with Gasteiger partial charge in [0.2, 0.25) is 0 Å². The number of aromatic nitrogens is 3. The Balaban J connectivity index is 2.16. The van der Waals surface area contributed by atoms with Crippen molar-refractivity contribution < 1.29 is 14.6 Å². The first-order valence-corrected chi connectivity index (χ1v) is 6.82. The number of hydrogen-bond acceptors (Lipinski definition) is 4. The molecule has 0 unspecified atom stereocenters. The van der Waals surface area contributed by atoms with Gasteiger partial charge in [0.05, 0.1) is 10.0 Å². The summed E-state index contributed by atoms with van der Waals surface area (Å²) in [6.07, 6.45) is 1.47. The molecule has 1 aromatic heterocycles. The fourth-order valence-corrected chi connectivity index (χ4v) is 2.06. The third kappa shape index (κ3) is 3.16. The van der Waals surface area contributed by atoms with E-state index in [4.69, 9.17) is 9.84 Å². The molecule has 106 valence electrons. The van der Waals surface area contributed by atoms with Gasteiger partial charge >= 0.3 is 5.97 Å². The number of carboxylic acids is 1. The van der Waals surface area contributed by atoms with E-state index in [0.717, 1.165) is 0 Å². The van der Waals surface area contributed by atoms with Gasteiger partial charge in [-0.25, -0.2) is 14.5 Å². The highest BCUT2D eigenvalue weighted by molar-refractivity contribution is 9.10. The Labute approximate surface area is 124 Å². The highest BCUT2D eigenvalue weighted by Gasteiger charge is 2.11. The van der Waals surface area contributed by atoms with Crippen molar-refractivity contribution in [1.29, 1.82) is 0 Å². The molecule has 0 radical (unpaired) electrons. The van der Waals surface area contributed by atoms with Crippen LogP contribution in [-0.2, 0) is 6.61 Å². The quantitative estimate of drug-likeness (QED) is 0.906. The average Bonchev–Trinajstić information content (AvgIpc) is 2.86. The number of benzene rings is 1. The number of halogens is 1. The van der Waals surface area contributed by atoms with Crippen LogP contribution in [0.1, 0.15) is 36.1 Å². The van der Waals surface area contributed by atoms with E-state index in [2.05, 4.69) is 26.0 Å². The third-order valence-electron chi connectivity index (χ3n) is 2.67. The minimum absolute atomic E-state index is 0.175. The second-order valence-electron chi connectivity index (χ2n) is 4.45. The van der Waals surface area contributed by atoms with E-state index in [1.54, 1.807) is 10.7 Å². The summed E-state index contributed by atoms with van der Waals surface area (Å²) in [6.45, 7) is 4.22. The highest BCUT2D eigenvalue weighted by atomic mass is 79.9. The Morgan fingerprint density at radius 1 is 1.50 bits per heavy atom. The minimum Gasteiger partial charge on any atom is -0.484 e. The smallest absolute Gasteiger partial charge is 0.335 e. The van der Waals surface area contributed by atoms with Crippen molar-refractivity contribution in [3.05, 3.63) is 40.4 Å². The van der Waals surface area contributed by atoms with Crippen molar-refractivity contribution in [2.45, 2.75) is 26.5 Å². The zero-order chi connectivity index (χ0) is 14.7. The lowest BCUT2D eigenvalue weighted by Gasteiger charge is -2.11. The number of rotatable bonds is 5. The molecule has 0 bridgehead atoms. The van der Waals surface area contributed by atoms with E-state index in [-0.39, 0.29) is 18.2 Å². The van der Waals surface area contributed by atoms with Crippen LogP contribution in [0, 0.1) is 0 Å². The van der Waals surface area contributed by atoms with Crippen LogP contribution in [0.15, 0.2) is 29.0 Å². The molecule has 0 aliphatic heterocycles. The van der Waals surface area contributed by atoms with Gasteiger partial charge < -0.3 is 9.84 Å². The number of aromatic carboxylic acids is 1. The van der Waals surface area contributed by atoms with Gasteiger partial charge in [0.1, 0.15) is 18.7 Å². The molecule has 0 aliphatic carbocycles.